The van der Waals surface area contributed by atoms with Crippen molar-refractivity contribution in [1.29, 1.82) is 0 Å². The van der Waals surface area contributed by atoms with E-state index in [9.17, 15) is 4.79 Å². The summed E-state index contributed by atoms with van der Waals surface area (Å²) in [6.45, 7) is 2.87. The number of amides is 1. The molecule has 1 aromatic heterocycles. The van der Waals surface area contributed by atoms with Crippen LogP contribution in [0.4, 0.5) is 0 Å². The largest absolute Gasteiger partial charge is 0.351 e. The third kappa shape index (κ3) is 2.40. The molecule has 116 valence electrons. The van der Waals surface area contributed by atoms with Crippen LogP contribution in [-0.2, 0) is 9.47 Å². The SMILES string of the molecule is O=C(c1cc2ccccc2[nH]1)N1CCC2(CC1)OCCCO2. The van der Waals surface area contributed by atoms with Gasteiger partial charge in [-0.1, -0.05) is 18.2 Å². The summed E-state index contributed by atoms with van der Waals surface area (Å²) in [5.41, 5.74) is 1.65. The molecule has 1 aromatic carbocycles. The zero-order chi connectivity index (χ0) is 15.0. The van der Waals surface area contributed by atoms with Gasteiger partial charge in [0.2, 0.25) is 0 Å². The van der Waals surface area contributed by atoms with Gasteiger partial charge in [0.05, 0.1) is 13.2 Å². The van der Waals surface area contributed by atoms with E-state index in [1.54, 1.807) is 0 Å². The van der Waals surface area contributed by atoms with Gasteiger partial charge in [0.1, 0.15) is 5.69 Å². The normalized spacial score (nSPS) is 21.4. The van der Waals surface area contributed by atoms with Crippen molar-refractivity contribution >= 4 is 16.8 Å². The Morgan fingerprint density at radius 2 is 1.86 bits per heavy atom. The fourth-order valence-corrected chi connectivity index (χ4v) is 3.32. The first-order valence-electron chi connectivity index (χ1n) is 7.91. The molecule has 4 rings (SSSR count). The number of carbonyl (C=O) groups excluding carboxylic acids is 1. The van der Waals surface area contributed by atoms with Gasteiger partial charge >= 0.3 is 0 Å². The summed E-state index contributed by atoms with van der Waals surface area (Å²) in [6, 6.07) is 9.87. The molecular formula is C17H20N2O3. The number of fused-ring (bicyclic) bond motifs is 1. The van der Waals surface area contributed by atoms with Crippen molar-refractivity contribution in [3.05, 3.63) is 36.0 Å². The van der Waals surface area contributed by atoms with Crippen molar-refractivity contribution in [3.63, 3.8) is 0 Å². The maximum Gasteiger partial charge on any atom is 0.270 e. The molecule has 1 N–H and O–H groups in total. The van der Waals surface area contributed by atoms with Gasteiger partial charge < -0.3 is 19.4 Å². The summed E-state index contributed by atoms with van der Waals surface area (Å²) in [4.78, 5) is 17.7. The number of para-hydroxylation sites is 1. The van der Waals surface area contributed by atoms with Crippen molar-refractivity contribution in [2.24, 2.45) is 0 Å². The van der Waals surface area contributed by atoms with Gasteiger partial charge in [-0.15, -0.1) is 0 Å². The molecule has 2 aliphatic rings. The van der Waals surface area contributed by atoms with Crippen LogP contribution in [0.2, 0.25) is 0 Å². The number of hydrogen-bond acceptors (Lipinski definition) is 3. The highest BCUT2D eigenvalue weighted by Gasteiger charge is 2.39. The van der Waals surface area contributed by atoms with Gasteiger partial charge in [0, 0.05) is 36.8 Å². The van der Waals surface area contributed by atoms with Crippen LogP contribution < -0.4 is 0 Å². The maximum atomic E-state index is 12.7. The Labute approximate surface area is 129 Å². The van der Waals surface area contributed by atoms with Crippen molar-refractivity contribution < 1.29 is 14.3 Å². The molecule has 0 unspecified atom stereocenters. The number of hydrogen-bond donors (Lipinski definition) is 1. The van der Waals surface area contributed by atoms with Crippen LogP contribution in [0.3, 0.4) is 0 Å². The summed E-state index contributed by atoms with van der Waals surface area (Å²) in [5, 5.41) is 1.07. The third-order valence-electron chi connectivity index (χ3n) is 4.59. The fraction of sp³-hybridized carbons (Fsp3) is 0.471. The monoisotopic (exact) mass is 300 g/mol. The molecule has 2 aliphatic heterocycles. The van der Waals surface area contributed by atoms with Crippen LogP contribution in [0.25, 0.3) is 10.9 Å². The van der Waals surface area contributed by atoms with Gasteiger partial charge in [-0.05, 0) is 18.6 Å². The molecule has 0 bridgehead atoms. The van der Waals surface area contributed by atoms with Gasteiger partial charge in [-0.25, -0.2) is 0 Å². The third-order valence-corrected chi connectivity index (χ3v) is 4.59. The van der Waals surface area contributed by atoms with Gasteiger partial charge in [0.15, 0.2) is 5.79 Å². The highest BCUT2D eigenvalue weighted by molar-refractivity contribution is 5.98. The predicted molar refractivity (Wildman–Crippen MR) is 82.7 cm³/mol. The topological polar surface area (TPSA) is 54.6 Å². The van der Waals surface area contributed by atoms with Crippen molar-refractivity contribution in [1.82, 2.24) is 9.88 Å². The van der Waals surface area contributed by atoms with Crippen molar-refractivity contribution in [2.75, 3.05) is 26.3 Å². The zero-order valence-corrected chi connectivity index (χ0v) is 12.5. The average molecular weight is 300 g/mol. The van der Waals surface area contributed by atoms with E-state index in [0.29, 0.717) is 18.8 Å². The number of nitrogens with zero attached hydrogens (tertiary/aromatic N) is 1. The Morgan fingerprint density at radius 1 is 1.14 bits per heavy atom. The van der Waals surface area contributed by atoms with E-state index >= 15 is 0 Å². The molecule has 2 saturated heterocycles. The van der Waals surface area contributed by atoms with E-state index in [1.165, 1.54) is 0 Å². The standard InChI is InChI=1S/C17H20N2O3/c20-16(15-12-13-4-1-2-5-14(13)18-15)19-8-6-17(7-9-19)21-10-3-11-22-17/h1-2,4-5,12,18H,3,6-11H2. The van der Waals surface area contributed by atoms with Crippen LogP contribution in [0.1, 0.15) is 29.8 Å². The van der Waals surface area contributed by atoms with Crippen molar-refractivity contribution in [3.8, 4) is 0 Å². The van der Waals surface area contributed by atoms with Crippen LogP contribution in [0.15, 0.2) is 30.3 Å². The maximum absolute atomic E-state index is 12.7. The Kier molecular flexibility index (Phi) is 3.39. The lowest BCUT2D eigenvalue weighted by Gasteiger charge is -2.43. The molecule has 0 radical (unpaired) electrons. The first-order chi connectivity index (χ1) is 10.8. The molecule has 0 atom stereocenters. The number of benzene rings is 1. The zero-order valence-electron chi connectivity index (χ0n) is 12.5. The minimum absolute atomic E-state index is 0.0573. The minimum atomic E-state index is -0.449. The van der Waals surface area contributed by atoms with E-state index in [2.05, 4.69) is 4.98 Å². The van der Waals surface area contributed by atoms with E-state index in [1.807, 2.05) is 35.2 Å². The lowest BCUT2D eigenvalue weighted by atomic mass is 10.0. The van der Waals surface area contributed by atoms with Gasteiger partial charge in [-0.2, -0.15) is 0 Å². The molecule has 2 fully saturated rings. The second kappa shape index (κ2) is 5.41. The molecular weight excluding hydrogens is 280 g/mol. The van der Waals surface area contributed by atoms with E-state index in [0.717, 1.165) is 43.4 Å². The first-order valence-corrected chi connectivity index (χ1v) is 7.91. The number of carbonyl (C=O) groups is 1. The van der Waals surface area contributed by atoms with Gasteiger partial charge in [0.25, 0.3) is 5.91 Å². The molecule has 5 heteroatoms. The van der Waals surface area contributed by atoms with Crippen LogP contribution in [0, 0.1) is 0 Å². The Morgan fingerprint density at radius 3 is 2.59 bits per heavy atom. The first kappa shape index (κ1) is 13.8. The Hall–Kier alpha value is -1.85. The molecule has 22 heavy (non-hydrogen) atoms. The van der Waals surface area contributed by atoms with Gasteiger partial charge in [-0.3, -0.25) is 4.79 Å². The van der Waals surface area contributed by atoms with E-state index < -0.39 is 5.79 Å². The molecule has 1 spiro atoms. The smallest absolute Gasteiger partial charge is 0.270 e. The highest BCUT2D eigenvalue weighted by atomic mass is 16.7. The molecule has 5 nitrogen and oxygen atoms in total. The van der Waals surface area contributed by atoms with Crippen LogP contribution >= 0.6 is 0 Å². The summed E-state index contributed by atoms with van der Waals surface area (Å²) in [5.74, 6) is -0.392. The number of piperidine rings is 1. The molecule has 3 heterocycles. The second-order valence-electron chi connectivity index (χ2n) is 6.02. The molecule has 1 amide bonds. The van der Waals surface area contributed by atoms with Crippen LogP contribution in [0.5, 0.6) is 0 Å². The summed E-state index contributed by atoms with van der Waals surface area (Å²) in [7, 11) is 0. The number of nitrogens with one attached hydrogen (secondary N) is 1. The van der Waals surface area contributed by atoms with Crippen LogP contribution in [-0.4, -0.2) is 47.9 Å². The lowest BCUT2D eigenvalue weighted by molar-refractivity contribution is -0.281. The quantitative estimate of drug-likeness (QED) is 0.880. The number of aromatic nitrogens is 1. The number of likely N-dealkylation sites (tertiary alicyclic amines) is 1. The lowest BCUT2D eigenvalue weighted by Crippen LogP contribution is -2.51. The fourth-order valence-electron chi connectivity index (χ4n) is 3.32. The average Bonchev–Trinajstić information content (AvgIpc) is 3.00. The molecule has 0 saturated carbocycles. The Bertz CT molecular complexity index is 645. The number of aromatic amines is 1. The molecule has 0 aliphatic carbocycles. The number of rotatable bonds is 1. The Balaban J connectivity index is 1.47. The second-order valence-corrected chi connectivity index (χ2v) is 6.02. The highest BCUT2D eigenvalue weighted by Crippen LogP contribution is 2.31. The number of H-pyrrole nitrogens is 1. The minimum Gasteiger partial charge on any atom is -0.351 e. The predicted octanol–water partition coefficient (Wildman–Crippen LogP) is 2.54. The van der Waals surface area contributed by atoms with E-state index in [4.69, 9.17) is 9.47 Å². The number of ether oxygens (including phenoxy) is 2. The summed E-state index contributed by atoms with van der Waals surface area (Å²) >= 11 is 0. The molecule has 2 aromatic rings. The summed E-state index contributed by atoms with van der Waals surface area (Å²) in [6.07, 6.45) is 2.46. The summed E-state index contributed by atoms with van der Waals surface area (Å²) < 4.78 is 11.6. The van der Waals surface area contributed by atoms with Crippen molar-refractivity contribution in [2.45, 2.75) is 25.0 Å². The van der Waals surface area contributed by atoms with E-state index in [-0.39, 0.29) is 5.91 Å².